The average molecular weight is 339 g/mol. The molecule has 0 aliphatic rings. The second kappa shape index (κ2) is 8.48. The largest absolute Gasteiger partial charge is 0.271 e. The van der Waals surface area contributed by atoms with Crippen molar-refractivity contribution < 1.29 is 4.84 Å². The van der Waals surface area contributed by atoms with E-state index in [0.29, 0.717) is 12.6 Å². The summed E-state index contributed by atoms with van der Waals surface area (Å²) in [6.45, 7) is 8.53. The maximum Gasteiger partial charge on any atom is 0.245 e. The van der Waals surface area contributed by atoms with E-state index in [1.807, 2.05) is 65.1 Å². The Labute approximate surface area is 149 Å². The van der Waals surface area contributed by atoms with Gasteiger partial charge in [-0.3, -0.25) is 4.84 Å². The fourth-order valence-corrected chi connectivity index (χ4v) is 2.13. The Balaban J connectivity index is 2.58. The lowest BCUT2D eigenvalue weighted by Crippen LogP contribution is -2.30. The van der Waals surface area contributed by atoms with Crippen molar-refractivity contribution >= 4 is 11.7 Å². The molecule has 6 nitrogen and oxygen atoms in total. The van der Waals surface area contributed by atoms with Gasteiger partial charge in [0.2, 0.25) is 5.96 Å². The van der Waals surface area contributed by atoms with Gasteiger partial charge in [-0.2, -0.15) is 0 Å². The molecular weight excluding hydrogens is 314 g/mol. The van der Waals surface area contributed by atoms with Crippen molar-refractivity contribution in [1.29, 1.82) is 0 Å². The highest BCUT2D eigenvalue weighted by Gasteiger charge is 2.16. The van der Waals surface area contributed by atoms with Crippen LogP contribution in [0.15, 0.2) is 59.0 Å². The number of benzene rings is 1. The van der Waals surface area contributed by atoms with Crippen LogP contribution in [0.25, 0.3) is 0 Å². The van der Waals surface area contributed by atoms with Crippen LogP contribution in [-0.2, 0) is 4.84 Å². The fourth-order valence-electron chi connectivity index (χ4n) is 2.13. The Hall–Kier alpha value is -2.60. The summed E-state index contributed by atoms with van der Waals surface area (Å²) in [6, 6.07) is 9.92. The molecular formula is C19H25N5O. The molecule has 0 fully saturated rings. The highest BCUT2D eigenvalue weighted by Crippen LogP contribution is 2.13. The summed E-state index contributed by atoms with van der Waals surface area (Å²) in [7, 11) is 1.81. The first-order valence-corrected chi connectivity index (χ1v) is 8.26. The van der Waals surface area contributed by atoms with Crippen molar-refractivity contribution in [3.05, 3.63) is 60.2 Å². The summed E-state index contributed by atoms with van der Waals surface area (Å²) >= 11 is 0. The van der Waals surface area contributed by atoms with E-state index in [1.54, 1.807) is 17.5 Å². The molecule has 0 radical (unpaired) electrons. The third-order valence-electron chi connectivity index (χ3n) is 3.13. The molecule has 6 heteroatoms. The molecule has 1 aromatic carbocycles. The Bertz CT molecular complexity index is 679. The first kappa shape index (κ1) is 18.7. The van der Waals surface area contributed by atoms with Gasteiger partial charge in [0.25, 0.3) is 0 Å². The van der Waals surface area contributed by atoms with Crippen LogP contribution < -0.4 is 0 Å². The van der Waals surface area contributed by atoms with Crippen LogP contribution in [0.2, 0.25) is 0 Å². The number of nitrogens with zero attached hydrogens (tertiary/aromatic N) is 5. The average Bonchev–Trinajstić information content (AvgIpc) is 2.59. The Morgan fingerprint density at radius 1 is 1.08 bits per heavy atom. The lowest BCUT2D eigenvalue weighted by atomic mass is 10.1. The van der Waals surface area contributed by atoms with Gasteiger partial charge in [-0.05, 0) is 27.7 Å². The van der Waals surface area contributed by atoms with Gasteiger partial charge in [-0.15, -0.1) is 0 Å². The van der Waals surface area contributed by atoms with Gasteiger partial charge < -0.3 is 0 Å². The molecule has 0 N–H and O–H groups in total. The summed E-state index contributed by atoms with van der Waals surface area (Å²) in [5, 5.41) is 1.60. The second-order valence-corrected chi connectivity index (χ2v) is 6.45. The predicted molar refractivity (Wildman–Crippen MR) is 101 cm³/mol. The van der Waals surface area contributed by atoms with E-state index in [1.165, 1.54) is 6.33 Å². The third kappa shape index (κ3) is 5.76. The fraction of sp³-hybridized carbons (Fsp3) is 0.368. The first-order chi connectivity index (χ1) is 11.9. The molecule has 0 spiro atoms. The van der Waals surface area contributed by atoms with Crippen LogP contribution in [0.3, 0.4) is 0 Å². The smallest absolute Gasteiger partial charge is 0.245 e. The molecule has 1 heterocycles. The Morgan fingerprint density at radius 2 is 1.72 bits per heavy atom. The summed E-state index contributed by atoms with van der Waals surface area (Å²) in [6.07, 6.45) is 4.99. The summed E-state index contributed by atoms with van der Waals surface area (Å²) < 4.78 is 0. The van der Waals surface area contributed by atoms with Crippen LogP contribution in [0.5, 0.6) is 0 Å². The molecule has 0 atom stereocenters. The molecule has 0 bridgehead atoms. The third-order valence-corrected chi connectivity index (χ3v) is 3.13. The predicted octanol–water partition coefficient (Wildman–Crippen LogP) is 3.35. The zero-order valence-electron chi connectivity index (χ0n) is 15.5. The van der Waals surface area contributed by atoms with Crippen LogP contribution >= 0.6 is 0 Å². The SMILES string of the molecule is CCON(C)C(N=C(c1ccccc1)c1cncnc1)=NC(C)(C)C. The van der Waals surface area contributed by atoms with Gasteiger partial charge in [0, 0.05) is 30.6 Å². The monoisotopic (exact) mass is 339 g/mol. The molecule has 0 aliphatic heterocycles. The quantitative estimate of drug-likeness (QED) is 0.487. The Morgan fingerprint density at radius 3 is 2.28 bits per heavy atom. The maximum atomic E-state index is 5.59. The lowest BCUT2D eigenvalue weighted by Gasteiger charge is -2.21. The van der Waals surface area contributed by atoms with Crippen molar-refractivity contribution in [1.82, 2.24) is 15.0 Å². The molecule has 25 heavy (non-hydrogen) atoms. The van der Waals surface area contributed by atoms with Crippen molar-refractivity contribution in [2.24, 2.45) is 9.98 Å². The number of aromatic nitrogens is 2. The topological polar surface area (TPSA) is 63.0 Å². The summed E-state index contributed by atoms with van der Waals surface area (Å²) in [5.41, 5.74) is 2.24. The van der Waals surface area contributed by atoms with Gasteiger partial charge in [-0.1, -0.05) is 30.3 Å². The van der Waals surface area contributed by atoms with E-state index in [0.717, 1.165) is 16.8 Å². The molecule has 1 aromatic heterocycles. The van der Waals surface area contributed by atoms with E-state index >= 15 is 0 Å². The van der Waals surface area contributed by atoms with Crippen LogP contribution in [-0.4, -0.2) is 45.9 Å². The normalized spacial score (nSPS) is 13.0. The molecule has 0 amide bonds. The molecule has 0 saturated heterocycles. The molecule has 0 unspecified atom stereocenters. The number of hydroxylamine groups is 2. The Kier molecular flexibility index (Phi) is 6.36. The van der Waals surface area contributed by atoms with Crippen molar-refractivity contribution in [3.8, 4) is 0 Å². The first-order valence-electron chi connectivity index (χ1n) is 8.26. The minimum Gasteiger partial charge on any atom is -0.271 e. The standard InChI is InChI=1S/C19H25N5O/c1-6-25-24(5)18(23-19(2,3)4)22-17(15-10-8-7-9-11-15)16-12-20-14-21-13-16/h7-14H,6H2,1-5H3. The van der Waals surface area contributed by atoms with E-state index in [9.17, 15) is 0 Å². The molecule has 132 valence electrons. The minimum atomic E-state index is -0.292. The molecule has 2 aromatic rings. The number of rotatable bonds is 4. The van der Waals surface area contributed by atoms with Gasteiger partial charge in [0.05, 0.1) is 17.9 Å². The molecule has 0 saturated carbocycles. The van der Waals surface area contributed by atoms with Crippen LogP contribution in [0.1, 0.15) is 38.8 Å². The number of aliphatic imine (C=N–C) groups is 2. The molecule has 0 aliphatic carbocycles. The van der Waals surface area contributed by atoms with Crippen molar-refractivity contribution in [3.63, 3.8) is 0 Å². The molecule has 2 rings (SSSR count). The van der Waals surface area contributed by atoms with Crippen LogP contribution in [0, 0.1) is 0 Å². The number of hydrogen-bond donors (Lipinski definition) is 0. The minimum absolute atomic E-state index is 0.292. The van der Waals surface area contributed by atoms with E-state index in [2.05, 4.69) is 9.97 Å². The summed E-state index contributed by atoms with van der Waals surface area (Å²) in [4.78, 5) is 23.3. The highest BCUT2D eigenvalue weighted by atomic mass is 16.7. The zero-order valence-corrected chi connectivity index (χ0v) is 15.5. The van der Waals surface area contributed by atoms with Gasteiger partial charge in [0.1, 0.15) is 6.33 Å². The number of hydrogen-bond acceptors (Lipinski definition) is 4. The zero-order chi connectivity index (χ0) is 18.3. The highest BCUT2D eigenvalue weighted by molar-refractivity contribution is 6.16. The number of guanidine groups is 1. The van der Waals surface area contributed by atoms with Gasteiger partial charge >= 0.3 is 0 Å². The van der Waals surface area contributed by atoms with Crippen molar-refractivity contribution in [2.45, 2.75) is 33.2 Å². The van der Waals surface area contributed by atoms with Crippen molar-refractivity contribution in [2.75, 3.05) is 13.7 Å². The second-order valence-electron chi connectivity index (χ2n) is 6.45. The van der Waals surface area contributed by atoms with Gasteiger partial charge in [0.15, 0.2) is 0 Å². The van der Waals surface area contributed by atoms with E-state index in [-0.39, 0.29) is 5.54 Å². The summed E-state index contributed by atoms with van der Waals surface area (Å²) in [5.74, 6) is 0.497. The van der Waals surface area contributed by atoms with E-state index in [4.69, 9.17) is 14.8 Å². The van der Waals surface area contributed by atoms with E-state index < -0.39 is 0 Å². The van der Waals surface area contributed by atoms with Crippen LogP contribution in [0.4, 0.5) is 0 Å². The van der Waals surface area contributed by atoms with Gasteiger partial charge in [-0.25, -0.2) is 25.0 Å². The lowest BCUT2D eigenvalue weighted by molar-refractivity contribution is -0.0742. The maximum absolute atomic E-state index is 5.59.